The maximum Gasteiger partial charge on any atom is 0.312 e. The zero-order valence-corrected chi connectivity index (χ0v) is 7.13. The van der Waals surface area contributed by atoms with E-state index < -0.39 is 10.1 Å². The van der Waals surface area contributed by atoms with Crippen molar-refractivity contribution in [3.8, 4) is 0 Å². The minimum atomic E-state index is -3.52. The summed E-state index contributed by atoms with van der Waals surface area (Å²) < 4.78 is 27.9. The van der Waals surface area contributed by atoms with Crippen LogP contribution in [-0.4, -0.2) is 20.1 Å². The van der Waals surface area contributed by atoms with E-state index in [1.54, 1.807) is 19.3 Å². The molecule has 0 bridgehead atoms. The van der Waals surface area contributed by atoms with Gasteiger partial charge in [-0.1, -0.05) is 0 Å². The number of rotatable bonds is 2. The van der Waals surface area contributed by atoms with Crippen LogP contribution in [-0.2, 0) is 21.3 Å². The predicted molar refractivity (Wildman–Crippen MR) is 39.6 cm³/mol. The number of aromatic nitrogens is 1. The lowest BCUT2D eigenvalue weighted by Gasteiger charge is -2.00. The molecule has 0 aliphatic carbocycles. The Bertz CT molecular complexity index is 338. The molecule has 0 saturated carbocycles. The molecular weight excluding hydrogens is 166 g/mol. The van der Waals surface area contributed by atoms with Crippen LogP contribution in [0.1, 0.15) is 0 Å². The normalized spacial score (nSPS) is 11.8. The fraction of sp³-hybridized carbons (Fsp3) is 0.333. The standard InChI is InChI=1S/C6H9NO3S/c1-7-5-3-4-6(7)11(8,9)10-2/h3-5H,1-2H3. The summed E-state index contributed by atoms with van der Waals surface area (Å²) in [6, 6.07) is 3.13. The first-order valence-electron chi connectivity index (χ1n) is 3.00. The van der Waals surface area contributed by atoms with Crippen molar-refractivity contribution in [1.82, 2.24) is 4.57 Å². The lowest BCUT2D eigenvalue weighted by Crippen LogP contribution is -2.07. The fourth-order valence-corrected chi connectivity index (χ4v) is 1.62. The van der Waals surface area contributed by atoms with Crippen molar-refractivity contribution in [3.63, 3.8) is 0 Å². The molecule has 0 spiro atoms. The third kappa shape index (κ3) is 1.44. The Morgan fingerprint density at radius 2 is 2.18 bits per heavy atom. The van der Waals surface area contributed by atoms with Crippen LogP contribution in [0.5, 0.6) is 0 Å². The summed E-state index contributed by atoms with van der Waals surface area (Å²) in [5, 5.41) is 0.167. The van der Waals surface area contributed by atoms with Gasteiger partial charge >= 0.3 is 10.1 Å². The van der Waals surface area contributed by atoms with Gasteiger partial charge in [0.25, 0.3) is 0 Å². The number of hydrogen-bond acceptors (Lipinski definition) is 3. The molecule has 1 rings (SSSR count). The molecule has 0 fully saturated rings. The number of hydrogen-bond donors (Lipinski definition) is 0. The second-order valence-corrected chi connectivity index (χ2v) is 3.74. The molecule has 0 saturated heterocycles. The summed E-state index contributed by atoms with van der Waals surface area (Å²) in [5.74, 6) is 0. The monoisotopic (exact) mass is 175 g/mol. The highest BCUT2D eigenvalue weighted by Crippen LogP contribution is 2.09. The quantitative estimate of drug-likeness (QED) is 0.610. The van der Waals surface area contributed by atoms with Crippen LogP contribution in [0.2, 0.25) is 0 Å². The van der Waals surface area contributed by atoms with Crippen molar-refractivity contribution in [2.24, 2.45) is 7.05 Å². The van der Waals surface area contributed by atoms with Gasteiger partial charge in [-0.2, -0.15) is 8.42 Å². The molecule has 1 aromatic rings. The van der Waals surface area contributed by atoms with E-state index in [4.69, 9.17) is 0 Å². The zero-order valence-electron chi connectivity index (χ0n) is 6.31. The average Bonchev–Trinajstić information content (AvgIpc) is 2.36. The van der Waals surface area contributed by atoms with E-state index in [0.29, 0.717) is 0 Å². The maximum atomic E-state index is 11.0. The van der Waals surface area contributed by atoms with Gasteiger partial charge in [0.2, 0.25) is 0 Å². The van der Waals surface area contributed by atoms with Gasteiger partial charge < -0.3 is 4.57 Å². The van der Waals surface area contributed by atoms with Gasteiger partial charge in [0.05, 0.1) is 7.11 Å². The summed E-state index contributed by atoms with van der Waals surface area (Å²) in [5.41, 5.74) is 0. The minimum absolute atomic E-state index is 0.167. The first-order chi connectivity index (χ1) is 5.08. The third-order valence-corrected chi connectivity index (χ3v) is 2.75. The maximum absolute atomic E-state index is 11.0. The first-order valence-corrected chi connectivity index (χ1v) is 4.40. The van der Waals surface area contributed by atoms with Crippen molar-refractivity contribution >= 4 is 10.1 Å². The Morgan fingerprint density at radius 1 is 1.55 bits per heavy atom. The molecule has 0 unspecified atom stereocenters. The molecule has 0 aromatic carbocycles. The molecule has 0 N–H and O–H groups in total. The van der Waals surface area contributed by atoms with Crippen LogP contribution < -0.4 is 0 Å². The van der Waals surface area contributed by atoms with Gasteiger partial charge in [-0.3, -0.25) is 4.18 Å². The molecule has 0 aliphatic heterocycles. The van der Waals surface area contributed by atoms with Gasteiger partial charge in [0, 0.05) is 13.2 Å². The second-order valence-electron chi connectivity index (χ2n) is 2.08. The Kier molecular flexibility index (Phi) is 2.01. The van der Waals surface area contributed by atoms with E-state index in [1.807, 2.05) is 0 Å². The zero-order chi connectivity index (χ0) is 8.48. The molecule has 11 heavy (non-hydrogen) atoms. The van der Waals surface area contributed by atoms with E-state index in [1.165, 1.54) is 10.6 Å². The molecule has 0 aliphatic rings. The Labute approximate surface area is 65.5 Å². The van der Waals surface area contributed by atoms with Crippen molar-refractivity contribution in [3.05, 3.63) is 18.3 Å². The molecule has 5 heteroatoms. The summed E-state index contributed by atoms with van der Waals surface area (Å²) in [4.78, 5) is 0. The summed E-state index contributed by atoms with van der Waals surface area (Å²) in [6.45, 7) is 0. The molecular formula is C6H9NO3S. The van der Waals surface area contributed by atoms with Crippen LogP contribution in [0, 0.1) is 0 Å². The van der Waals surface area contributed by atoms with Crippen molar-refractivity contribution in [2.75, 3.05) is 7.11 Å². The predicted octanol–water partition coefficient (Wildman–Crippen LogP) is 0.360. The van der Waals surface area contributed by atoms with Crippen LogP contribution >= 0.6 is 0 Å². The first kappa shape index (κ1) is 8.29. The molecule has 1 heterocycles. The summed E-state index contributed by atoms with van der Waals surface area (Å²) in [6.07, 6.45) is 1.64. The molecule has 0 amide bonds. The highest BCUT2D eigenvalue weighted by Gasteiger charge is 2.14. The number of aryl methyl sites for hydroxylation is 1. The number of nitrogens with zero attached hydrogens (tertiary/aromatic N) is 1. The van der Waals surface area contributed by atoms with E-state index in [9.17, 15) is 8.42 Å². The van der Waals surface area contributed by atoms with Gasteiger partial charge in [0.1, 0.15) is 0 Å². The smallest absolute Gasteiger partial charge is 0.312 e. The van der Waals surface area contributed by atoms with Crippen LogP contribution in [0.25, 0.3) is 0 Å². The topological polar surface area (TPSA) is 48.3 Å². The highest BCUT2D eigenvalue weighted by molar-refractivity contribution is 7.86. The van der Waals surface area contributed by atoms with Crippen LogP contribution in [0.3, 0.4) is 0 Å². The van der Waals surface area contributed by atoms with E-state index >= 15 is 0 Å². The molecule has 62 valence electrons. The second kappa shape index (κ2) is 2.67. The summed E-state index contributed by atoms with van der Waals surface area (Å²) in [7, 11) is -0.737. The molecule has 0 radical (unpaired) electrons. The SMILES string of the molecule is COS(=O)(=O)c1cccn1C. The highest BCUT2D eigenvalue weighted by atomic mass is 32.2. The van der Waals surface area contributed by atoms with Gasteiger partial charge in [-0.05, 0) is 12.1 Å². The summed E-state index contributed by atoms with van der Waals surface area (Å²) >= 11 is 0. The Hall–Kier alpha value is -0.810. The van der Waals surface area contributed by atoms with Gasteiger partial charge in [0.15, 0.2) is 5.03 Å². The molecule has 4 nitrogen and oxygen atoms in total. The minimum Gasteiger partial charge on any atom is -0.340 e. The van der Waals surface area contributed by atoms with Crippen LogP contribution in [0.15, 0.2) is 23.4 Å². The van der Waals surface area contributed by atoms with Crippen molar-refractivity contribution in [2.45, 2.75) is 5.03 Å². The molecule has 1 aromatic heterocycles. The van der Waals surface area contributed by atoms with E-state index in [2.05, 4.69) is 4.18 Å². The largest absolute Gasteiger partial charge is 0.340 e. The van der Waals surface area contributed by atoms with Gasteiger partial charge in [-0.25, -0.2) is 0 Å². The van der Waals surface area contributed by atoms with Crippen molar-refractivity contribution in [1.29, 1.82) is 0 Å². The van der Waals surface area contributed by atoms with Crippen molar-refractivity contribution < 1.29 is 12.6 Å². The lowest BCUT2D eigenvalue weighted by atomic mass is 10.7. The lowest BCUT2D eigenvalue weighted by molar-refractivity contribution is 0.392. The Morgan fingerprint density at radius 3 is 2.55 bits per heavy atom. The van der Waals surface area contributed by atoms with E-state index in [-0.39, 0.29) is 5.03 Å². The average molecular weight is 175 g/mol. The van der Waals surface area contributed by atoms with E-state index in [0.717, 1.165) is 7.11 Å². The third-order valence-electron chi connectivity index (χ3n) is 1.37. The molecule has 0 atom stereocenters. The fourth-order valence-electron chi connectivity index (χ4n) is 0.791. The van der Waals surface area contributed by atoms with Crippen LogP contribution in [0.4, 0.5) is 0 Å². The Balaban J connectivity index is 3.22. The van der Waals surface area contributed by atoms with Gasteiger partial charge in [-0.15, -0.1) is 0 Å².